The van der Waals surface area contributed by atoms with Crippen LogP contribution in [0.1, 0.15) is 23.9 Å². The molecule has 19 heavy (non-hydrogen) atoms. The molecule has 0 bridgehead atoms. The minimum absolute atomic E-state index is 0.00516. The Morgan fingerprint density at radius 1 is 1.63 bits per heavy atom. The molecular formula is C10H13N5O3S. The van der Waals surface area contributed by atoms with Gasteiger partial charge in [0.2, 0.25) is 5.89 Å². The van der Waals surface area contributed by atoms with E-state index in [1.165, 1.54) is 12.4 Å². The van der Waals surface area contributed by atoms with E-state index in [4.69, 9.17) is 4.52 Å². The van der Waals surface area contributed by atoms with Crippen molar-refractivity contribution < 1.29 is 9.45 Å². The van der Waals surface area contributed by atoms with Crippen molar-refractivity contribution in [2.75, 3.05) is 5.75 Å². The highest BCUT2D eigenvalue weighted by molar-refractivity contribution is 7.99. The van der Waals surface area contributed by atoms with Gasteiger partial charge >= 0.3 is 5.69 Å². The van der Waals surface area contributed by atoms with Crippen LogP contribution >= 0.6 is 11.8 Å². The van der Waals surface area contributed by atoms with Crippen molar-refractivity contribution in [2.45, 2.75) is 25.6 Å². The first-order valence-corrected chi connectivity index (χ1v) is 6.70. The highest BCUT2D eigenvalue weighted by atomic mass is 32.2. The van der Waals surface area contributed by atoms with E-state index < -0.39 is 4.92 Å². The Balaban J connectivity index is 1.81. The average Bonchev–Trinajstić information content (AvgIpc) is 2.98. The van der Waals surface area contributed by atoms with Crippen LogP contribution < -0.4 is 0 Å². The standard InChI is InChI=1S/C10H13N5O3S/c1-7(10-12-8(2)13-18-10)19-4-3-14-6-9(5-11-14)15(16)17/h5-7H,3-4H2,1-2H3/t7-/m0/s1. The molecule has 0 amide bonds. The van der Waals surface area contributed by atoms with Gasteiger partial charge in [-0.15, -0.1) is 11.8 Å². The number of aromatic nitrogens is 4. The minimum atomic E-state index is -0.458. The molecule has 0 aliphatic heterocycles. The summed E-state index contributed by atoms with van der Waals surface area (Å²) in [5.41, 5.74) is 0.00516. The monoisotopic (exact) mass is 283 g/mol. The molecule has 0 aromatic carbocycles. The number of nitrogens with zero attached hydrogens (tertiary/aromatic N) is 5. The second-order valence-corrected chi connectivity index (χ2v) is 5.36. The number of aryl methyl sites for hydroxylation is 2. The van der Waals surface area contributed by atoms with Crippen LogP contribution in [0.5, 0.6) is 0 Å². The summed E-state index contributed by atoms with van der Waals surface area (Å²) in [5.74, 6) is 1.96. The molecule has 2 rings (SSSR count). The first-order valence-electron chi connectivity index (χ1n) is 5.65. The van der Waals surface area contributed by atoms with Crippen molar-refractivity contribution in [2.24, 2.45) is 0 Å². The van der Waals surface area contributed by atoms with E-state index >= 15 is 0 Å². The SMILES string of the molecule is Cc1noc([C@H](C)SCCn2cc([N+](=O)[O-])cn2)n1. The molecule has 0 spiro atoms. The molecule has 0 radical (unpaired) electrons. The lowest BCUT2D eigenvalue weighted by molar-refractivity contribution is -0.385. The topological polar surface area (TPSA) is 99.9 Å². The van der Waals surface area contributed by atoms with Gasteiger partial charge in [-0.25, -0.2) is 0 Å². The van der Waals surface area contributed by atoms with Crippen LogP contribution in [0, 0.1) is 17.0 Å². The summed E-state index contributed by atoms with van der Waals surface area (Å²) in [5, 5.41) is 18.2. The molecule has 0 saturated carbocycles. The Bertz CT molecular complexity index is 567. The Morgan fingerprint density at radius 2 is 2.42 bits per heavy atom. The lowest BCUT2D eigenvalue weighted by atomic mass is 10.5. The smallest absolute Gasteiger partial charge is 0.306 e. The molecule has 2 aromatic rings. The van der Waals surface area contributed by atoms with Gasteiger partial charge in [-0.1, -0.05) is 5.16 Å². The summed E-state index contributed by atoms with van der Waals surface area (Å²) in [6.45, 7) is 4.34. The Hall–Kier alpha value is -1.90. The fourth-order valence-corrected chi connectivity index (χ4v) is 2.33. The van der Waals surface area contributed by atoms with Gasteiger partial charge in [0.1, 0.15) is 12.4 Å². The minimum Gasteiger partial charge on any atom is -0.338 e. The van der Waals surface area contributed by atoms with Crippen molar-refractivity contribution in [3.8, 4) is 0 Å². The number of rotatable bonds is 6. The largest absolute Gasteiger partial charge is 0.338 e. The van der Waals surface area contributed by atoms with Gasteiger partial charge in [0, 0.05) is 5.75 Å². The van der Waals surface area contributed by atoms with Gasteiger partial charge in [0.05, 0.1) is 16.7 Å². The molecular weight excluding hydrogens is 270 g/mol. The van der Waals surface area contributed by atoms with Crippen LogP contribution in [0.25, 0.3) is 0 Å². The van der Waals surface area contributed by atoms with Gasteiger partial charge in [0.15, 0.2) is 5.82 Å². The molecule has 8 nitrogen and oxygen atoms in total. The summed E-state index contributed by atoms with van der Waals surface area (Å²) in [4.78, 5) is 14.2. The summed E-state index contributed by atoms with van der Waals surface area (Å²) in [6, 6.07) is 0. The van der Waals surface area contributed by atoms with Crippen LogP contribution in [-0.2, 0) is 6.54 Å². The van der Waals surface area contributed by atoms with Crippen molar-refractivity contribution in [3.63, 3.8) is 0 Å². The fourth-order valence-electron chi connectivity index (χ4n) is 1.44. The summed E-state index contributed by atoms with van der Waals surface area (Å²) >= 11 is 1.63. The third-order valence-electron chi connectivity index (χ3n) is 2.41. The molecule has 1 atom stereocenters. The number of hydrogen-bond acceptors (Lipinski definition) is 7. The van der Waals surface area contributed by atoms with E-state index in [1.54, 1.807) is 23.4 Å². The normalized spacial score (nSPS) is 12.5. The Kier molecular flexibility index (Phi) is 4.15. The number of thioether (sulfide) groups is 1. The lowest BCUT2D eigenvalue weighted by Crippen LogP contribution is -2.02. The van der Waals surface area contributed by atoms with E-state index in [2.05, 4.69) is 15.2 Å². The third kappa shape index (κ3) is 3.53. The molecule has 0 aliphatic rings. The van der Waals surface area contributed by atoms with E-state index in [-0.39, 0.29) is 10.9 Å². The van der Waals surface area contributed by atoms with E-state index in [0.29, 0.717) is 18.3 Å². The van der Waals surface area contributed by atoms with Crippen molar-refractivity contribution in [1.29, 1.82) is 0 Å². The average molecular weight is 283 g/mol. The molecule has 0 aliphatic carbocycles. The van der Waals surface area contributed by atoms with Crippen molar-refractivity contribution >= 4 is 17.4 Å². The highest BCUT2D eigenvalue weighted by Crippen LogP contribution is 2.26. The lowest BCUT2D eigenvalue weighted by Gasteiger charge is -2.05. The van der Waals surface area contributed by atoms with Crippen LogP contribution in [-0.4, -0.2) is 30.6 Å². The molecule has 9 heteroatoms. The van der Waals surface area contributed by atoms with Crippen LogP contribution in [0.15, 0.2) is 16.9 Å². The zero-order valence-corrected chi connectivity index (χ0v) is 11.3. The molecule has 2 heterocycles. The van der Waals surface area contributed by atoms with Gasteiger partial charge in [-0.2, -0.15) is 10.1 Å². The second kappa shape index (κ2) is 5.83. The first-order chi connectivity index (χ1) is 9.06. The zero-order valence-electron chi connectivity index (χ0n) is 10.5. The molecule has 0 unspecified atom stereocenters. The fraction of sp³-hybridized carbons (Fsp3) is 0.500. The van der Waals surface area contributed by atoms with E-state index in [1.807, 2.05) is 6.92 Å². The van der Waals surface area contributed by atoms with Gasteiger partial charge < -0.3 is 4.52 Å². The summed E-state index contributed by atoms with van der Waals surface area (Å²) < 4.78 is 6.62. The molecule has 0 fully saturated rings. The summed E-state index contributed by atoms with van der Waals surface area (Å²) in [7, 11) is 0. The molecule has 2 aromatic heterocycles. The Labute approximate surface area is 113 Å². The van der Waals surface area contributed by atoms with Gasteiger partial charge in [-0.3, -0.25) is 14.8 Å². The number of nitro groups is 1. The Morgan fingerprint density at radius 3 is 3.00 bits per heavy atom. The molecule has 0 N–H and O–H groups in total. The summed E-state index contributed by atoms with van der Waals surface area (Å²) in [6.07, 6.45) is 2.66. The van der Waals surface area contributed by atoms with Gasteiger partial charge in [0.25, 0.3) is 0 Å². The van der Waals surface area contributed by atoms with Gasteiger partial charge in [-0.05, 0) is 13.8 Å². The maximum atomic E-state index is 10.5. The maximum Gasteiger partial charge on any atom is 0.306 e. The van der Waals surface area contributed by atoms with Crippen LogP contribution in [0.4, 0.5) is 5.69 Å². The highest BCUT2D eigenvalue weighted by Gasteiger charge is 2.14. The second-order valence-electron chi connectivity index (χ2n) is 3.91. The van der Waals surface area contributed by atoms with E-state index in [0.717, 1.165) is 5.75 Å². The zero-order chi connectivity index (χ0) is 13.8. The van der Waals surface area contributed by atoms with E-state index in [9.17, 15) is 10.1 Å². The predicted octanol–water partition coefficient (Wildman–Crippen LogP) is 1.98. The van der Waals surface area contributed by atoms with Crippen molar-refractivity contribution in [1.82, 2.24) is 19.9 Å². The molecule has 102 valence electrons. The third-order valence-corrected chi connectivity index (χ3v) is 3.53. The number of hydrogen-bond donors (Lipinski definition) is 0. The first kappa shape index (κ1) is 13.5. The predicted molar refractivity (Wildman–Crippen MR) is 68.8 cm³/mol. The maximum absolute atomic E-state index is 10.5. The van der Waals surface area contributed by atoms with Crippen LogP contribution in [0.3, 0.4) is 0 Å². The molecule has 0 saturated heterocycles. The van der Waals surface area contributed by atoms with Crippen molar-refractivity contribution in [3.05, 3.63) is 34.2 Å². The van der Waals surface area contributed by atoms with Crippen LogP contribution in [0.2, 0.25) is 0 Å². The quantitative estimate of drug-likeness (QED) is 0.590.